The van der Waals surface area contributed by atoms with Gasteiger partial charge in [0.05, 0.1) is 0 Å². The Kier molecular flexibility index (Phi) is 13.9. The maximum atomic E-state index is 12.9. The summed E-state index contributed by atoms with van der Waals surface area (Å²) in [6.45, 7) is 21.0. The van der Waals surface area contributed by atoms with E-state index in [2.05, 4.69) is 61.9 Å². The second kappa shape index (κ2) is 16.4. The molecule has 2 amide bonds. The molecule has 1 heterocycles. The molecule has 0 aliphatic carbocycles. The van der Waals surface area contributed by atoms with Gasteiger partial charge in [0, 0.05) is 42.3 Å². The summed E-state index contributed by atoms with van der Waals surface area (Å²) in [6, 6.07) is 16.6. The summed E-state index contributed by atoms with van der Waals surface area (Å²) < 4.78 is 31.7. The molecule has 2 N–H and O–H groups in total. The van der Waals surface area contributed by atoms with Crippen molar-refractivity contribution >= 4 is 23.5 Å². The first-order valence-electron chi connectivity index (χ1n) is 16.1. The lowest BCUT2D eigenvalue weighted by Crippen LogP contribution is -2.47. The zero-order valence-corrected chi connectivity index (χ0v) is 28.6. The molecule has 2 aromatic carbocycles. The number of aliphatic carboxylic acids is 1. The molecule has 0 spiro atoms. The molecule has 1 saturated heterocycles. The maximum Gasteiger partial charge on any atom is 0.490 e. The smallest absolute Gasteiger partial charge is 0.475 e. The number of halogens is 3. The molecule has 1 atom stereocenters. The number of anilines is 1. The van der Waals surface area contributed by atoms with Crippen molar-refractivity contribution in [2.45, 2.75) is 98.7 Å². The fourth-order valence-electron chi connectivity index (χ4n) is 5.47. The van der Waals surface area contributed by atoms with E-state index < -0.39 is 12.1 Å². The molecule has 256 valence electrons. The van der Waals surface area contributed by atoms with Crippen LogP contribution in [-0.2, 0) is 21.4 Å². The standard InChI is InChI=1S/C34H51N3O2.C2HF3O2/c1-9-19-37(24-26-17-20-36(21-18-26)32(39)34(6,7)8)25(2)22-27-11-10-12-30(23-27)35-31(38)28-13-15-29(16-14-28)33(3,4)5;3-2(4,5)1(6)7/h10-16,23,25-26H,9,17-22,24H2,1-8H3,(H,35,38);(H,6,7). The van der Waals surface area contributed by atoms with Gasteiger partial charge in [0.25, 0.3) is 5.91 Å². The predicted octanol–water partition coefficient (Wildman–Crippen LogP) is 7.80. The molecular formula is C36H52F3N3O4. The van der Waals surface area contributed by atoms with E-state index in [0.717, 1.165) is 57.5 Å². The Bertz CT molecular complexity index is 1290. The number of carbonyl (C=O) groups is 3. The number of nitrogens with one attached hydrogen (secondary N) is 1. The second-order valence-electron chi connectivity index (χ2n) is 14.3. The highest BCUT2D eigenvalue weighted by Gasteiger charge is 2.38. The zero-order valence-electron chi connectivity index (χ0n) is 28.6. The summed E-state index contributed by atoms with van der Waals surface area (Å²) in [7, 11) is 0. The van der Waals surface area contributed by atoms with Crippen LogP contribution in [0.2, 0.25) is 0 Å². The Morgan fingerprint density at radius 3 is 2.02 bits per heavy atom. The van der Waals surface area contributed by atoms with E-state index >= 15 is 0 Å². The summed E-state index contributed by atoms with van der Waals surface area (Å²) in [5, 5.41) is 10.2. The Hall–Kier alpha value is -3.40. The highest BCUT2D eigenvalue weighted by atomic mass is 19.4. The molecule has 0 aromatic heterocycles. The number of likely N-dealkylation sites (tertiary alicyclic amines) is 1. The molecule has 7 nitrogen and oxygen atoms in total. The first kappa shape index (κ1) is 38.8. The first-order chi connectivity index (χ1) is 21.2. The van der Waals surface area contributed by atoms with Crippen LogP contribution < -0.4 is 5.32 Å². The van der Waals surface area contributed by atoms with Gasteiger partial charge in [0.2, 0.25) is 5.91 Å². The minimum absolute atomic E-state index is 0.0638. The van der Waals surface area contributed by atoms with Crippen molar-refractivity contribution in [2.24, 2.45) is 11.3 Å². The highest BCUT2D eigenvalue weighted by Crippen LogP contribution is 2.26. The third-order valence-electron chi connectivity index (χ3n) is 8.14. The average molecular weight is 648 g/mol. The molecule has 1 fully saturated rings. The lowest BCUT2D eigenvalue weighted by atomic mass is 9.87. The molecular weight excluding hydrogens is 595 g/mol. The number of benzene rings is 2. The summed E-state index contributed by atoms with van der Waals surface area (Å²) in [5.74, 6) is -1.94. The average Bonchev–Trinajstić information content (AvgIpc) is 2.96. The molecule has 0 saturated carbocycles. The molecule has 10 heteroatoms. The van der Waals surface area contributed by atoms with Crippen LogP contribution in [0.3, 0.4) is 0 Å². The lowest BCUT2D eigenvalue weighted by Gasteiger charge is -2.39. The number of hydrogen-bond acceptors (Lipinski definition) is 4. The fourth-order valence-corrected chi connectivity index (χ4v) is 5.47. The monoisotopic (exact) mass is 647 g/mol. The van der Waals surface area contributed by atoms with Crippen LogP contribution >= 0.6 is 0 Å². The van der Waals surface area contributed by atoms with Crippen molar-refractivity contribution in [3.63, 3.8) is 0 Å². The summed E-state index contributed by atoms with van der Waals surface area (Å²) in [6.07, 6.45) is -0.874. The molecule has 0 bridgehead atoms. The van der Waals surface area contributed by atoms with Gasteiger partial charge in [-0.3, -0.25) is 9.59 Å². The molecule has 1 unspecified atom stereocenters. The number of carboxylic acid groups (broad SMARTS) is 1. The number of carboxylic acids is 1. The van der Waals surface area contributed by atoms with Crippen LogP contribution in [0.15, 0.2) is 48.5 Å². The van der Waals surface area contributed by atoms with Gasteiger partial charge in [-0.25, -0.2) is 4.79 Å². The summed E-state index contributed by atoms with van der Waals surface area (Å²) in [5.41, 5.74) is 3.72. The number of carbonyl (C=O) groups excluding carboxylic acids is 2. The van der Waals surface area contributed by atoms with Crippen LogP contribution in [-0.4, -0.2) is 71.1 Å². The number of amides is 2. The van der Waals surface area contributed by atoms with Gasteiger partial charge in [-0.2, -0.15) is 13.2 Å². The van der Waals surface area contributed by atoms with Gasteiger partial charge in [-0.15, -0.1) is 0 Å². The maximum absolute atomic E-state index is 12.9. The topological polar surface area (TPSA) is 90.0 Å². The van der Waals surface area contributed by atoms with E-state index in [1.165, 1.54) is 11.1 Å². The highest BCUT2D eigenvalue weighted by molar-refractivity contribution is 6.04. The van der Waals surface area contributed by atoms with E-state index in [9.17, 15) is 22.8 Å². The summed E-state index contributed by atoms with van der Waals surface area (Å²) >= 11 is 0. The molecule has 0 radical (unpaired) electrons. The molecule has 46 heavy (non-hydrogen) atoms. The van der Waals surface area contributed by atoms with Gasteiger partial charge in [0.15, 0.2) is 0 Å². The van der Waals surface area contributed by atoms with Gasteiger partial charge in [-0.1, -0.05) is 72.7 Å². The Morgan fingerprint density at radius 1 is 0.978 bits per heavy atom. The van der Waals surface area contributed by atoms with Gasteiger partial charge >= 0.3 is 12.1 Å². The summed E-state index contributed by atoms with van der Waals surface area (Å²) in [4.78, 5) is 39.1. The third kappa shape index (κ3) is 12.4. The van der Waals surface area contributed by atoms with E-state index in [1.807, 2.05) is 57.2 Å². The van der Waals surface area contributed by atoms with Crippen molar-refractivity contribution in [2.75, 3.05) is 31.5 Å². The van der Waals surface area contributed by atoms with Gasteiger partial charge < -0.3 is 20.2 Å². The number of nitrogens with zero attached hydrogens (tertiary/aromatic N) is 2. The van der Waals surface area contributed by atoms with Crippen LogP contribution in [0.25, 0.3) is 0 Å². The van der Waals surface area contributed by atoms with E-state index in [4.69, 9.17) is 9.90 Å². The SMILES string of the molecule is CCCN(CC1CCN(C(=O)C(C)(C)C)CC1)C(C)Cc1cccc(NC(=O)c2ccc(C(C)(C)C)cc2)c1.O=C(O)C(F)(F)F. The van der Waals surface area contributed by atoms with E-state index in [0.29, 0.717) is 17.5 Å². The minimum atomic E-state index is -5.08. The van der Waals surface area contributed by atoms with Gasteiger partial charge in [-0.05, 0) is 85.9 Å². The lowest BCUT2D eigenvalue weighted by molar-refractivity contribution is -0.192. The van der Waals surface area contributed by atoms with Crippen molar-refractivity contribution in [3.05, 3.63) is 65.2 Å². The van der Waals surface area contributed by atoms with E-state index in [-0.39, 0.29) is 22.6 Å². The van der Waals surface area contributed by atoms with Crippen LogP contribution in [0, 0.1) is 11.3 Å². The van der Waals surface area contributed by atoms with E-state index in [1.54, 1.807) is 0 Å². The number of piperidine rings is 1. The molecule has 1 aliphatic heterocycles. The Balaban J connectivity index is 0.000000942. The van der Waals surface area contributed by atoms with Crippen LogP contribution in [0.5, 0.6) is 0 Å². The minimum Gasteiger partial charge on any atom is -0.475 e. The predicted molar refractivity (Wildman–Crippen MR) is 177 cm³/mol. The Morgan fingerprint density at radius 2 is 1.54 bits per heavy atom. The first-order valence-corrected chi connectivity index (χ1v) is 16.1. The van der Waals surface area contributed by atoms with Crippen molar-refractivity contribution in [1.82, 2.24) is 9.80 Å². The Labute approximate surface area is 272 Å². The molecule has 2 aromatic rings. The normalized spacial score (nSPS) is 15.2. The number of hydrogen-bond donors (Lipinski definition) is 2. The second-order valence-corrected chi connectivity index (χ2v) is 14.3. The van der Waals surface area contributed by atoms with Crippen LogP contribution in [0.4, 0.5) is 18.9 Å². The number of rotatable bonds is 9. The fraction of sp³-hybridized carbons (Fsp3) is 0.583. The van der Waals surface area contributed by atoms with Gasteiger partial charge in [0.1, 0.15) is 0 Å². The number of alkyl halides is 3. The van der Waals surface area contributed by atoms with Crippen LogP contribution in [0.1, 0.15) is 96.1 Å². The molecule has 1 aliphatic rings. The largest absolute Gasteiger partial charge is 0.490 e. The van der Waals surface area contributed by atoms with Crippen molar-refractivity contribution in [3.8, 4) is 0 Å². The molecule has 3 rings (SSSR count). The van der Waals surface area contributed by atoms with Crippen molar-refractivity contribution < 1.29 is 32.7 Å². The van der Waals surface area contributed by atoms with Crippen molar-refractivity contribution in [1.29, 1.82) is 0 Å². The third-order valence-corrected chi connectivity index (χ3v) is 8.14. The quantitative estimate of drug-likeness (QED) is 0.290. The zero-order chi connectivity index (χ0) is 34.9.